The Labute approximate surface area is 110 Å². The zero-order chi connectivity index (χ0) is 13.4. The summed E-state index contributed by atoms with van der Waals surface area (Å²) in [6.45, 7) is 7.82. The lowest BCUT2D eigenvalue weighted by Gasteiger charge is -2.20. The van der Waals surface area contributed by atoms with E-state index in [0.29, 0.717) is 5.96 Å². The molecule has 0 aliphatic heterocycles. The Balaban J connectivity index is 2.17. The Kier molecular flexibility index (Phi) is 5.49. The second kappa shape index (κ2) is 6.89. The second-order valence-corrected chi connectivity index (χ2v) is 5.29. The summed E-state index contributed by atoms with van der Waals surface area (Å²) in [5.41, 5.74) is 6.88. The summed E-state index contributed by atoms with van der Waals surface area (Å²) in [5.74, 6) is 0.516. The zero-order valence-electron chi connectivity index (χ0n) is 11.5. The molecule has 0 amide bonds. The van der Waals surface area contributed by atoms with Crippen molar-refractivity contribution in [2.75, 3.05) is 18.4 Å². The van der Waals surface area contributed by atoms with Gasteiger partial charge in [-0.2, -0.15) is 0 Å². The first kappa shape index (κ1) is 14.4. The monoisotopic (exact) mass is 248 g/mol. The highest BCUT2D eigenvalue weighted by Crippen LogP contribution is 2.04. The SMILES string of the molecule is CC(C)(C)NC(N)=NCCCNc1ccccc1. The molecule has 100 valence electrons. The van der Waals surface area contributed by atoms with Crippen molar-refractivity contribution in [1.82, 2.24) is 5.32 Å². The predicted molar refractivity (Wildman–Crippen MR) is 78.9 cm³/mol. The van der Waals surface area contributed by atoms with Crippen LogP contribution in [0.2, 0.25) is 0 Å². The van der Waals surface area contributed by atoms with E-state index in [-0.39, 0.29) is 5.54 Å². The average Bonchev–Trinajstić information content (AvgIpc) is 2.27. The van der Waals surface area contributed by atoms with Crippen LogP contribution in [0.25, 0.3) is 0 Å². The largest absolute Gasteiger partial charge is 0.385 e. The van der Waals surface area contributed by atoms with Gasteiger partial charge in [0.05, 0.1) is 0 Å². The standard InChI is InChI=1S/C14H24N4/c1-14(2,3)18-13(15)17-11-7-10-16-12-8-5-4-6-9-12/h4-6,8-9,16H,7,10-11H2,1-3H3,(H3,15,17,18). The number of hydrogen-bond donors (Lipinski definition) is 3. The van der Waals surface area contributed by atoms with Crippen LogP contribution in [0.4, 0.5) is 5.69 Å². The number of nitrogens with one attached hydrogen (secondary N) is 2. The molecule has 0 unspecified atom stereocenters. The molecule has 0 heterocycles. The maximum absolute atomic E-state index is 5.77. The van der Waals surface area contributed by atoms with Gasteiger partial charge in [-0.05, 0) is 39.3 Å². The fraction of sp³-hybridized carbons (Fsp3) is 0.500. The number of rotatable bonds is 5. The van der Waals surface area contributed by atoms with Crippen LogP contribution in [0, 0.1) is 0 Å². The first-order valence-electron chi connectivity index (χ1n) is 6.34. The molecule has 0 fully saturated rings. The number of guanidine groups is 1. The van der Waals surface area contributed by atoms with E-state index in [1.54, 1.807) is 0 Å². The van der Waals surface area contributed by atoms with Crippen molar-refractivity contribution in [2.45, 2.75) is 32.7 Å². The number of aliphatic imine (C=N–C) groups is 1. The minimum atomic E-state index is -0.0319. The Morgan fingerprint density at radius 1 is 1.22 bits per heavy atom. The molecule has 0 saturated heterocycles. The second-order valence-electron chi connectivity index (χ2n) is 5.29. The van der Waals surface area contributed by atoms with Gasteiger partial charge in [0.1, 0.15) is 0 Å². The molecule has 1 aromatic rings. The summed E-state index contributed by atoms with van der Waals surface area (Å²) < 4.78 is 0. The normalized spacial score (nSPS) is 12.3. The molecule has 4 nitrogen and oxygen atoms in total. The van der Waals surface area contributed by atoms with Gasteiger partial charge in [0.15, 0.2) is 5.96 Å². The fourth-order valence-electron chi connectivity index (χ4n) is 1.49. The van der Waals surface area contributed by atoms with Gasteiger partial charge < -0.3 is 16.4 Å². The molecule has 0 radical (unpaired) electrons. The first-order chi connectivity index (χ1) is 8.47. The molecule has 1 rings (SSSR count). The number of nitrogens with two attached hydrogens (primary N) is 1. The van der Waals surface area contributed by atoms with E-state index in [2.05, 4.69) is 48.5 Å². The van der Waals surface area contributed by atoms with Gasteiger partial charge in [-0.3, -0.25) is 4.99 Å². The van der Waals surface area contributed by atoms with Crippen LogP contribution in [0.3, 0.4) is 0 Å². The maximum Gasteiger partial charge on any atom is 0.188 e. The topological polar surface area (TPSA) is 62.4 Å². The third-order valence-electron chi connectivity index (χ3n) is 2.22. The summed E-state index contributed by atoms with van der Waals surface area (Å²) in [7, 11) is 0. The van der Waals surface area contributed by atoms with Crippen molar-refractivity contribution in [2.24, 2.45) is 10.7 Å². The predicted octanol–water partition coefficient (Wildman–Crippen LogP) is 2.19. The highest BCUT2D eigenvalue weighted by Gasteiger charge is 2.09. The number of hydrogen-bond acceptors (Lipinski definition) is 2. The molecule has 0 aliphatic carbocycles. The van der Waals surface area contributed by atoms with Gasteiger partial charge in [0, 0.05) is 24.3 Å². The van der Waals surface area contributed by atoms with Gasteiger partial charge in [0.2, 0.25) is 0 Å². The van der Waals surface area contributed by atoms with Crippen LogP contribution in [-0.2, 0) is 0 Å². The number of para-hydroxylation sites is 1. The molecule has 1 aromatic carbocycles. The van der Waals surface area contributed by atoms with Crippen LogP contribution >= 0.6 is 0 Å². The third-order valence-corrected chi connectivity index (χ3v) is 2.22. The Hall–Kier alpha value is -1.71. The summed E-state index contributed by atoms with van der Waals surface area (Å²) in [5, 5.41) is 6.47. The average molecular weight is 248 g/mol. The van der Waals surface area contributed by atoms with E-state index in [1.807, 2.05) is 18.2 Å². The minimum absolute atomic E-state index is 0.0319. The maximum atomic E-state index is 5.77. The molecule has 0 bridgehead atoms. The Morgan fingerprint density at radius 2 is 1.89 bits per heavy atom. The number of benzene rings is 1. The van der Waals surface area contributed by atoms with Crippen molar-refractivity contribution in [1.29, 1.82) is 0 Å². The molecule has 0 saturated carbocycles. The van der Waals surface area contributed by atoms with Crippen molar-refractivity contribution < 1.29 is 0 Å². The van der Waals surface area contributed by atoms with Crippen molar-refractivity contribution in [3.63, 3.8) is 0 Å². The van der Waals surface area contributed by atoms with E-state index in [9.17, 15) is 0 Å². The smallest absolute Gasteiger partial charge is 0.188 e. The van der Waals surface area contributed by atoms with Gasteiger partial charge >= 0.3 is 0 Å². The molecule has 0 spiro atoms. The van der Waals surface area contributed by atoms with Gasteiger partial charge in [-0.1, -0.05) is 18.2 Å². The summed E-state index contributed by atoms with van der Waals surface area (Å²) in [6.07, 6.45) is 0.960. The van der Waals surface area contributed by atoms with Crippen molar-refractivity contribution >= 4 is 11.6 Å². The zero-order valence-corrected chi connectivity index (χ0v) is 11.5. The molecule has 0 aliphatic rings. The van der Waals surface area contributed by atoms with Crippen LogP contribution < -0.4 is 16.4 Å². The Morgan fingerprint density at radius 3 is 2.50 bits per heavy atom. The molecular weight excluding hydrogens is 224 g/mol. The number of nitrogens with zero attached hydrogens (tertiary/aromatic N) is 1. The fourth-order valence-corrected chi connectivity index (χ4v) is 1.49. The molecule has 0 aromatic heterocycles. The van der Waals surface area contributed by atoms with Gasteiger partial charge in [-0.15, -0.1) is 0 Å². The highest BCUT2D eigenvalue weighted by atomic mass is 15.1. The third kappa shape index (κ3) is 6.78. The van der Waals surface area contributed by atoms with E-state index in [1.165, 1.54) is 0 Å². The molecule has 4 heteroatoms. The molecular formula is C14H24N4. The lowest BCUT2D eigenvalue weighted by molar-refractivity contribution is 0.508. The summed E-state index contributed by atoms with van der Waals surface area (Å²) in [6, 6.07) is 10.2. The molecule has 4 N–H and O–H groups in total. The minimum Gasteiger partial charge on any atom is -0.385 e. The van der Waals surface area contributed by atoms with Crippen LogP contribution in [0.5, 0.6) is 0 Å². The highest BCUT2D eigenvalue weighted by molar-refractivity contribution is 5.78. The van der Waals surface area contributed by atoms with E-state index >= 15 is 0 Å². The lowest BCUT2D eigenvalue weighted by atomic mass is 10.1. The van der Waals surface area contributed by atoms with Crippen molar-refractivity contribution in [3.8, 4) is 0 Å². The van der Waals surface area contributed by atoms with E-state index < -0.39 is 0 Å². The van der Waals surface area contributed by atoms with E-state index in [4.69, 9.17) is 5.73 Å². The van der Waals surface area contributed by atoms with Crippen LogP contribution in [0.15, 0.2) is 35.3 Å². The summed E-state index contributed by atoms with van der Waals surface area (Å²) in [4.78, 5) is 4.28. The lowest BCUT2D eigenvalue weighted by Crippen LogP contribution is -2.45. The van der Waals surface area contributed by atoms with Gasteiger partial charge in [0.25, 0.3) is 0 Å². The summed E-state index contributed by atoms with van der Waals surface area (Å²) >= 11 is 0. The van der Waals surface area contributed by atoms with Crippen LogP contribution in [-0.4, -0.2) is 24.6 Å². The Bertz CT molecular complexity index is 365. The van der Waals surface area contributed by atoms with Crippen LogP contribution in [0.1, 0.15) is 27.2 Å². The quantitative estimate of drug-likeness (QED) is 0.425. The number of anilines is 1. The molecule has 18 heavy (non-hydrogen) atoms. The van der Waals surface area contributed by atoms with Crippen molar-refractivity contribution in [3.05, 3.63) is 30.3 Å². The van der Waals surface area contributed by atoms with Gasteiger partial charge in [-0.25, -0.2) is 0 Å². The van der Waals surface area contributed by atoms with E-state index in [0.717, 1.165) is 25.2 Å². The molecule has 0 atom stereocenters. The first-order valence-corrected chi connectivity index (χ1v) is 6.34.